The lowest BCUT2D eigenvalue weighted by Gasteiger charge is -2.20. The van der Waals surface area contributed by atoms with Gasteiger partial charge in [0.15, 0.2) is 0 Å². The third-order valence-corrected chi connectivity index (χ3v) is 3.37. The topological polar surface area (TPSA) is 21.3 Å². The molecule has 20 heavy (non-hydrogen) atoms. The van der Waals surface area contributed by atoms with E-state index in [2.05, 4.69) is 12.2 Å². The fraction of sp³-hybridized carbons (Fsp3) is 0.625. The molecule has 1 unspecified atom stereocenters. The van der Waals surface area contributed by atoms with Crippen molar-refractivity contribution in [2.24, 2.45) is 0 Å². The Hall–Kier alpha value is -1.16. The minimum atomic E-state index is -0.535. The van der Waals surface area contributed by atoms with Crippen LogP contribution in [0.1, 0.15) is 57.6 Å². The van der Waals surface area contributed by atoms with Crippen molar-refractivity contribution in [1.82, 2.24) is 5.32 Å². The van der Waals surface area contributed by atoms with Crippen molar-refractivity contribution in [3.8, 4) is 5.75 Å². The average Bonchev–Trinajstić information content (AvgIpc) is 2.43. The van der Waals surface area contributed by atoms with Gasteiger partial charge in [0.2, 0.25) is 0 Å². The second-order valence-corrected chi connectivity index (χ2v) is 5.01. The highest BCUT2D eigenvalue weighted by Crippen LogP contribution is 2.28. The molecule has 1 N–H and O–H groups in total. The summed E-state index contributed by atoms with van der Waals surface area (Å²) in [6, 6.07) is 2.23. The van der Waals surface area contributed by atoms with Gasteiger partial charge in [-0.2, -0.15) is 0 Å². The lowest BCUT2D eigenvalue weighted by molar-refractivity contribution is 0.395. The fourth-order valence-electron chi connectivity index (χ4n) is 2.28. The Morgan fingerprint density at radius 1 is 1.10 bits per heavy atom. The summed E-state index contributed by atoms with van der Waals surface area (Å²) < 4.78 is 33.1. The molecule has 114 valence electrons. The zero-order valence-electron chi connectivity index (χ0n) is 12.6. The standard InChI is InChI=1S/C16H25F2NO/c1-4-6-7-8-15(19-9-5-2)16-13(17)10-12(20-3)11-14(16)18/h10-11,15,19H,4-9H2,1-3H3. The lowest BCUT2D eigenvalue weighted by Crippen LogP contribution is -2.24. The number of nitrogens with one attached hydrogen (secondary N) is 1. The van der Waals surface area contributed by atoms with Gasteiger partial charge in [-0.05, 0) is 19.4 Å². The van der Waals surface area contributed by atoms with Crippen molar-refractivity contribution in [3.63, 3.8) is 0 Å². The summed E-state index contributed by atoms with van der Waals surface area (Å²) in [6.07, 6.45) is 4.80. The van der Waals surface area contributed by atoms with Crippen molar-refractivity contribution in [3.05, 3.63) is 29.3 Å². The van der Waals surface area contributed by atoms with E-state index in [1.165, 1.54) is 19.2 Å². The zero-order chi connectivity index (χ0) is 15.0. The molecule has 0 spiro atoms. The van der Waals surface area contributed by atoms with Crippen LogP contribution in [0.4, 0.5) is 8.78 Å². The first-order valence-corrected chi connectivity index (χ1v) is 7.40. The van der Waals surface area contributed by atoms with E-state index in [1.54, 1.807) is 0 Å². The first kappa shape index (κ1) is 16.9. The predicted octanol–water partition coefficient (Wildman–Crippen LogP) is 4.59. The Balaban J connectivity index is 2.93. The quantitative estimate of drug-likeness (QED) is 0.670. The summed E-state index contributed by atoms with van der Waals surface area (Å²) in [4.78, 5) is 0. The van der Waals surface area contributed by atoms with Gasteiger partial charge in [-0.25, -0.2) is 8.78 Å². The van der Waals surface area contributed by atoms with E-state index in [0.29, 0.717) is 0 Å². The largest absolute Gasteiger partial charge is 0.497 e. The Labute approximate surface area is 120 Å². The highest BCUT2D eigenvalue weighted by Gasteiger charge is 2.20. The predicted molar refractivity (Wildman–Crippen MR) is 78.1 cm³/mol. The maximum absolute atomic E-state index is 14.1. The molecule has 0 saturated heterocycles. The van der Waals surface area contributed by atoms with E-state index < -0.39 is 11.6 Å². The monoisotopic (exact) mass is 285 g/mol. The van der Waals surface area contributed by atoms with Crippen molar-refractivity contribution in [2.45, 2.75) is 52.0 Å². The Morgan fingerprint density at radius 3 is 2.25 bits per heavy atom. The van der Waals surface area contributed by atoms with E-state index in [-0.39, 0.29) is 17.4 Å². The SMILES string of the molecule is CCCCCC(NCCC)c1c(F)cc(OC)cc1F. The molecular weight excluding hydrogens is 260 g/mol. The van der Waals surface area contributed by atoms with E-state index in [0.717, 1.165) is 38.6 Å². The van der Waals surface area contributed by atoms with Gasteiger partial charge in [-0.1, -0.05) is 33.1 Å². The van der Waals surface area contributed by atoms with Gasteiger partial charge in [0.25, 0.3) is 0 Å². The van der Waals surface area contributed by atoms with Gasteiger partial charge in [-0.15, -0.1) is 0 Å². The van der Waals surface area contributed by atoms with Crippen LogP contribution in [0.2, 0.25) is 0 Å². The minimum Gasteiger partial charge on any atom is -0.497 e. The summed E-state index contributed by atoms with van der Waals surface area (Å²) in [7, 11) is 1.40. The third-order valence-electron chi connectivity index (χ3n) is 3.37. The molecule has 0 aliphatic rings. The van der Waals surface area contributed by atoms with E-state index >= 15 is 0 Å². The van der Waals surface area contributed by atoms with Crippen LogP contribution in [0.3, 0.4) is 0 Å². The normalized spacial score (nSPS) is 12.4. The number of benzene rings is 1. The minimum absolute atomic E-state index is 0.135. The molecule has 0 aliphatic heterocycles. The number of hydrogen-bond acceptors (Lipinski definition) is 2. The van der Waals surface area contributed by atoms with Crippen molar-refractivity contribution >= 4 is 0 Å². The molecule has 0 saturated carbocycles. The smallest absolute Gasteiger partial charge is 0.134 e. The molecular formula is C16H25F2NO. The zero-order valence-corrected chi connectivity index (χ0v) is 12.6. The molecule has 0 fully saturated rings. The molecule has 1 atom stereocenters. The third kappa shape index (κ3) is 4.75. The summed E-state index contributed by atoms with van der Waals surface area (Å²) >= 11 is 0. The van der Waals surface area contributed by atoms with Crippen molar-refractivity contribution < 1.29 is 13.5 Å². The molecule has 1 aromatic carbocycles. The highest BCUT2D eigenvalue weighted by atomic mass is 19.1. The lowest BCUT2D eigenvalue weighted by atomic mass is 9.99. The fourth-order valence-corrected chi connectivity index (χ4v) is 2.28. The first-order chi connectivity index (χ1) is 9.63. The molecule has 0 amide bonds. The van der Waals surface area contributed by atoms with Gasteiger partial charge >= 0.3 is 0 Å². The van der Waals surface area contributed by atoms with E-state index in [1.807, 2.05) is 6.92 Å². The van der Waals surface area contributed by atoms with Crippen LogP contribution < -0.4 is 10.1 Å². The van der Waals surface area contributed by atoms with Gasteiger partial charge in [0, 0.05) is 23.7 Å². The number of unbranched alkanes of at least 4 members (excludes halogenated alkanes) is 2. The van der Waals surface area contributed by atoms with Crippen LogP contribution in [-0.2, 0) is 0 Å². The maximum atomic E-state index is 14.1. The number of ether oxygens (including phenoxy) is 1. The van der Waals surface area contributed by atoms with Crippen LogP contribution in [-0.4, -0.2) is 13.7 Å². The molecule has 4 heteroatoms. The van der Waals surface area contributed by atoms with E-state index in [9.17, 15) is 8.78 Å². The molecule has 1 aromatic rings. The summed E-state index contributed by atoms with van der Waals surface area (Å²) in [5.74, 6) is -0.856. The van der Waals surface area contributed by atoms with Crippen molar-refractivity contribution in [1.29, 1.82) is 0 Å². The maximum Gasteiger partial charge on any atom is 0.134 e. The van der Waals surface area contributed by atoms with E-state index in [4.69, 9.17) is 4.74 Å². The van der Waals surface area contributed by atoms with Crippen LogP contribution in [0.25, 0.3) is 0 Å². The summed E-state index contributed by atoms with van der Waals surface area (Å²) in [5, 5.41) is 3.24. The number of rotatable bonds is 9. The van der Waals surface area contributed by atoms with Crippen LogP contribution >= 0.6 is 0 Å². The molecule has 0 heterocycles. The van der Waals surface area contributed by atoms with Gasteiger partial charge in [0.1, 0.15) is 17.4 Å². The Morgan fingerprint density at radius 2 is 1.75 bits per heavy atom. The van der Waals surface area contributed by atoms with Crippen molar-refractivity contribution in [2.75, 3.05) is 13.7 Å². The Kier molecular flexibility index (Phi) is 7.52. The number of hydrogen-bond donors (Lipinski definition) is 1. The van der Waals surface area contributed by atoms with Gasteiger partial charge in [0.05, 0.1) is 7.11 Å². The number of halogens is 2. The Bertz CT molecular complexity index is 386. The summed E-state index contributed by atoms with van der Waals surface area (Å²) in [6.45, 7) is 4.90. The average molecular weight is 285 g/mol. The first-order valence-electron chi connectivity index (χ1n) is 7.40. The van der Waals surface area contributed by atoms with Gasteiger partial charge in [-0.3, -0.25) is 0 Å². The summed E-state index contributed by atoms with van der Waals surface area (Å²) in [5.41, 5.74) is 0.135. The van der Waals surface area contributed by atoms with Crippen LogP contribution in [0, 0.1) is 11.6 Å². The molecule has 2 nitrogen and oxygen atoms in total. The van der Waals surface area contributed by atoms with Gasteiger partial charge < -0.3 is 10.1 Å². The molecule has 0 aliphatic carbocycles. The highest BCUT2D eigenvalue weighted by molar-refractivity contribution is 5.32. The van der Waals surface area contributed by atoms with Crippen LogP contribution in [0.15, 0.2) is 12.1 Å². The van der Waals surface area contributed by atoms with Crippen LogP contribution in [0.5, 0.6) is 5.75 Å². The molecule has 1 rings (SSSR count). The second kappa shape index (κ2) is 8.90. The number of methoxy groups -OCH3 is 1. The molecule has 0 bridgehead atoms. The second-order valence-electron chi connectivity index (χ2n) is 5.01. The molecule has 0 radical (unpaired) electrons. The molecule has 0 aromatic heterocycles.